The molecule has 19 heavy (non-hydrogen) atoms. The summed E-state index contributed by atoms with van der Waals surface area (Å²) >= 11 is 1.64. The second kappa shape index (κ2) is 6.02. The molecule has 0 aliphatic heterocycles. The van der Waals surface area contributed by atoms with Crippen LogP contribution in [0, 0.1) is 17.5 Å². The van der Waals surface area contributed by atoms with Crippen molar-refractivity contribution < 1.29 is 13.2 Å². The predicted molar refractivity (Wildman–Crippen MR) is 71.9 cm³/mol. The monoisotopic (exact) mass is 283 g/mol. The third-order valence-electron chi connectivity index (χ3n) is 2.64. The fourth-order valence-electron chi connectivity index (χ4n) is 1.61. The van der Waals surface area contributed by atoms with E-state index < -0.39 is 17.5 Å². The van der Waals surface area contributed by atoms with Crippen molar-refractivity contribution >= 4 is 17.4 Å². The van der Waals surface area contributed by atoms with Crippen molar-refractivity contribution in [2.24, 2.45) is 0 Å². The molecule has 100 valence electrons. The van der Waals surface area contributed by atoms with Gasteiger partial charge in [0.2, 0.25) is 0 Å². The zero-order valence-corrected chi connectivity index (χ0v) is 11.0. The Morgan fingerprint density at radius 2 is 1.58 bits per heavy atom. The third-order valence-corrected chi connectivity index (χ3v) is 3.38. The van der Waals surface area contributed by atoms with Crippen LogP contribution in [0.15, 0.2) is 41.3 Å². The summed E-state index contributed by atoms with van der Waals surface area (Å²) in [6.45, 7) is 0.416. The highest BCUT2D eigenvalue weighted by molar-refractivity contribution is 7.98. The number of hydrogen-bond donors (Lipinski definition) is 1. The average molecular weight is 283 g/mol. The summed E-state index contributed by atoms with van der Waals surface area (Å²) in [4.78, 5) is 1.14. The van der Waals surface area contributed by atoms with E-state index in [1.807, 2.05) is 30.5 Å². The van der Waals surface area contributed by atoms with Crippen molar-refractivity contribution in [3.63, 3.8) is 0 Å². The Morgan fingerprint density at radius 1 is 1.00 bits per heavy atom. The quantitative estimate of drug-likeness (QED) is 0.657. The van der Waals surface area contributed by atoms with Gasteiger partial charge in [-0.15, -0.1) is 11.8 Å². The van der Waals surface area contributed by atoms with Gasteiger partial charge in [0.05, 0.1) is 0 Å². The zero-order valence-electron chi connectivity index (χ0n) is 10.2. The molecule has 0 aliphatic carbocycles. The van der Waals surface area contributed by atoms with Crippen molar-refractivity contribution in [1.29, 1.82) is 0 Å². The molecule has 0 saturated carbocycles. The van der Waals surface area contributed by atoms with Crippen molar-refractivity contribution in [2.75, 3.05) is 11.6 Å². The number of halogens is 3. The molecule has 0 atom stereocenters. The van der Waals surface area contributed by atoms with Gasteiger partial charge in [-0.05, 0) is 24.0 Å². The van der Waals surface area contributed by atoms with Crippen LogP contribution in [0.25, 0.3) is 0 Å². The summed E-state index contributed by atoms with van der Waals surface area (Å²) in [6, 6.07) is 9.66. The fraction of sp³-hybridized carbons (Fsp3) is 0.143. The second-order valence-electron chi connectivity index (χ2n) is 3.96. The Bertz CT molecular complexity index is 546. The Kier molecular flexibility index (Phi) is 4.37. The normalized spacial score (nSPS) is 10.5. The van der Waals surface area contributed by atoms with Crippen LogP contribution in [0.1, 0.15) is 5.56 Å². The van der Waals surface area contributed by atoms with Gasteiger partial charge in [-0.3, -0.25) is 0 Å². The molecule has 0 unspecified atom stereocenters. The van der Waals surface area contributed by atoms with E-state index in [0.717, 1.165) is 22.6 Å². The molecular formula is C14H12F3NS. The smallest absolute Gasteiger partial charge is 0.194 e. The van der Waals surface area contributed by atoms with Crippen LogP contribution in [-0.2, 0) is 6.54 Å². The van der Waals surface area contributed by atoms with Gasteiger partial charge in [-0.1, -0.05) is 12.1 Å². The molecule has 0 aliphatic rings. The van der Waals surface area contributed by atoms with Crippen molar-refractivity contribution in [3.05, 3.63) is 59.4 Å². The van der Waals surface area contributed by atoms with Crippen LogP contribution >= 0.6 is 11.8 Å². The Hall–Kier alpha value is -1.62. The van der Waals surface area contributed by atoms with E-state index in [-0.39, 0.29) is 5.69 Å². The molecule has 0 bridgehead atoms. The lowest BCUT2D eigenvalue weighted by atomic mass is 10.2. The van der Waals surface area contributed by atoms with Crippen LogP contribution in [0.2, 0.25) is 0 Å². The van der Waals surface area contributed by atoms with Crippen molar-refractivity contribution in [1.82, 2.24) is 0 Å². The first-order chi connectivity index (χ1) is 9.10. The van der Waals surface area contributed by atoms with Crippen LogP contribution in [0.3, 0.4) is 0 Å². The Balaban J connectivity index is 2.05. The van der Waals surface area contributed by atoms with Crippen molar-refractivity contribution in [3.8, 4) is 0 Å². The van der Waals surface area contributed by atoms with Gasteiger partial charge in [0.25, 0.3) is 0 Å². The minimum absolute atomic E-state index is 0.213. The number of hydrogen-bond acceptors (Lipinski definition) is 2. The molecule has 0 amide bonds. The molecule has 0 fully saturated rings. The molecule has 0 heterocycles. The van der Waals surface area contributed by atoms with E-state index in [0.29, 0.717) is 6.54 Å². The van der Waals surface area contributed by atoms with E-state index >= 15 is 0 Å². The molecule has 0 spiro atoms. The predicted octanol–water partition coefficient (Wildman–Crippen LogP) is 4.44. The first-order valence-electron chi connectivity index (χ1n) is 5.61. The standard InChI is InChI=1S/C14H12F3NS/c1-19-11-4-2-9(3-5-11)8-18-10-6-12(15)14(17)13(16)7-10/h2-7,18H,8H2,1H3. The molecule has 2 rings (SSSR count). The summed E-state index contributed by atoms with van der Waals surface area (Å²) < 4.78 is 38.8. The Morgan fingerprint density at radius 3 is 2.11 bits per heavy atom. The highest BCUT2D eigenvalue weighted by atomic mass is 32.2. The van der Waals surface area contributed by atoms with Crippen LogP contribution in [-0.4, -0.2) is 6.26 Å². The van der Waals surface area contributed by atoms with E-state index in [9.17, 15) is 13.2 Å². The SMILES string of the molecule is CSc1ccc(CNc2cc(F)c(F)c(F)c2)cc1. The topological polar surface area (TPSA) is 12.0 Å². The van der Waals surface area contributed by atoms with E-state index in [2.05, 4.69) is 5.32 Å². The summed E-state index contributed by atoms with van der Waals surface area (Å²) in [5.41, 5.74) is 1.19. The van der Waals surface area contributed by atoms with Gasteiger partial charge in [0.1, 0.15) is 0 Å². The summed E-state index contributed by atoms with van der Waals surface area (Å²) in [5, 5.41) is 2.85. The lowest BCUT2D eigenvalue weighted by Crippen LogP contribution is -2.01. The summed E-state index contributed by atoms with van der Waals surface area (Å²) in [7, 11) is 0. The molecule has 1 nitrogen and oxygen atoms in total. The van der Waals surface area contributed by atoms with E-state index in [1.54, 1.807) is 11.8 Å². The third kappa shape index (κ3) is 3.44. The highest BCUT2D eigenvalue weighted by Gasteiger charge is 2.10. The number of benzene rings is 2. The number of rotatable bonds is 4. The molecular weight excluding hydrogens is 271 g/mol. The van der Waals surface area contributed by atoms with Gasteiger partial charge < -0.3 is 5.32 Å². The van der Waals surface area contributed by atoms with Crippen LogP contribution < -0.4 is 5.32 Å². The van der Waals surface area contributed by atoms with Gasteiger partial charge in [0, 0.05) is 29.3 Å². The maximum absolute atomic E-state index is 13.0. The van der Waals surface area contributed by atoms with Gasteiger partial charge in [-0.25, -0.2) is 13.2 Å². The van der Waals surface area contributed by atoms with Crippen LogP contribution in [0.4, 0.5) is 18.9 Å². The number of thioether (sulfide) groups is 1. The lowest BCUT2D eigenvalue weighted by Gasteiger charge is -2.08. The van der Waals surface area contributed by atoms with E-state index in [1.165, 1.54) is 0 Å². The molecule has 5 heteroatoms. The molecule has 0 saturated heterocycles. The van der Waals surface area contributed by atoms with Gasteiger partial charge >= 0.3 is 0 Å². The first-order valence-corrected chi connectivity index (χ1v) is 6.84. The van der Waals surface area contributed by atoms with Gasteiger partial charge in [0.15, 0.2) is 17.5 Å². The first kappa shape index (κ1) is 13.8. The molecule has 2 aromatic carbocycles. The van der Waals surface area contributed by atoms with Gasteiger partial charge in [-0.2, -0.15) is 0 Å². The minimum Gasteiger partial charge on any atom is -0.381 e. The molecule has 2 aromatic rings. The zero-order chi connectivity index (χ0) is 13.8. The maximum atomic E-state index is 13.0. The average Bonchev–Trinajstić information content (AvgIpc) is 2.43. The molecule has 1 N–H and O–H groups in total. The number of anilines is 1. The molecule has 0 radical (unpaired) electrons. The fourth-order valence-corrected chi connectivity index (χ4v) is 2.01. The number of nitrogens with one attached hydrogen (secondary N) is 1. The molecule has 0 aromatic heterocycles. The Labute approximate surface area is 113 Å². The largest absolute Gasteiger partial charge is 0.381 e. The van der Waals surface area contributed by atoms with Crippen LogP contribution in [0.5, 0.6) is 0 Å². The lowest BCUT2D eigenvalue weighted by molar-refractivity contribution is 0.447. The highest BCUT2D eigenvalue weighted by Crippen LogP contribution is 2.19. The van der Waals surface area contributed by atoms with E-state index in [4.69, 9.17) is 0 Å². The van der Waals surface area contributed by atoms with Crippen molar-refractivity contribution in [2.45, 2.75) is 11.4 Å². The summed E-state index contributed by atoms with van der Waals surface area (Å²) in [6.07, 6.45) is 1.98. The second-order valence-corrected chi connectivity index (χ2v) is 4.84. The summed E-state index contributed by atoms with van der Waals surface area (Å²) in [5.74, 6) is -3.84. The maximum Gasteiger partial charge on any atom is 0.194 e. The minimum atomic E-state index is -1.45.